The Balaban J connectivity index is 1.61. The van der Waals surface area contributed by atoms with Gasteiger partial charge in [0.1, 0.15) is 10.8 Å². The van der Waals surface area contributed by atoms with Crippen LogP contribution in [0.5, 0.6) is 5.75 Å². The molecule has 2 aromatic heterocycles. The van der Waals surface area contributed by atoms with E-state index in [0.29, 0.717) is 5.76 Å². The van der Waals surface area contributed by atoms with Crippen LogP contribution in [-0.2, 0) is 12.8 Å². The maximum atomic E-state index is 13.0. The molecule has 1 N–H and O–H groups in total. The standard InChI is InChI=1S/C27H32N2O3S/c1-18-12-14-29(15-13-18)25(19-7-5-8-20(17-19)31-2)24-21-9-3-4-11-23(21)33-27(24)28-26(30)22-10-6-16-32-22/h5-8,10,16-18,25H,3-4,9,11-15H2,1-2H3,(H,28,30). The van der Waals surface area contributed by atoms with E-state index in [9.17, 15) is 4.79 Å². The number of hydrogen-bond donors (Lipinski definition) is 1. The van der Waals surface area contributed by atoms with E-state index in [1.165, 1.54) is 47.3 Å². The largest absolute Gasteiger partial charge is 0.497 e. The van der Waals surface area contributed by atoms with Gasteiger partial charge in [-0.05, 0) is 92.9 Å². The quantitative estimate of drug-likeness (QED) is 0.465. The molecule has 1 atom stereocenters. The third-order valence-electron chi connectivity index (χ3n) is 7.05. The molecule has 33 heavy (non-hydrogen) atoms. The average molecular weight is 465 g/mol. The summed E-state index contributed by atoms with van der Waals surface area (Å²) in [6.45, 7) is 4.46. The van der Waals surface area contributed by atoms with Crippen molar-refractivity contribution in [3.05, 3.63) is 70.0 Å². The van der Waals surface area contributed by atoms with Crippen molar-refractivity contribution in [3.63, 3.8) is 0 Å². The van der Waals surface area contributed by atoms with Gasteiger partial charge in [-0.1, -0.05) is 19.1 Å². The number of nitrogens with zero attached hydrogens (tertiary/aromatic N) is 1. The molecule has 1 aliphatic heterocycles. The van der Waals surface area contributed by atoms with Crippen LogP contribution < -0.4 is 10.1 Å². The van der Waals surface area contributed by atoms with E-state index in [-0.39, 0.29) is 11.9 Å². The Morgan fingerprint density at radius 1 is 1.18 bits per heavy atom. The van der Waals surface area contributed by atoms with Crippen LogP contribution in [0, 0.1) is 5.92 Å². The summed E-state index contributed by atoms with van der Waals surface area (Å²) in [4.78, 5) is 17.0. The van der Waals surface area contributed by atoms with E-state index in [1.54, 1.807) is 36.8 Å². The topological polar surface area (TPSA) is 54.7 Å². The lowest BCUT2D eigenvalue weighted by molar-refractivity contribution is 0.0996. The number of amides is 1. The third-order valence-corrected chi connectivity index (χ3v) is 8.27. The molecule has 0 bridgehead atoms. The Labute approximate surface area is 199 Å². The van der Waals surface area contributed by atoms with Gasteiger partial charge in [-0.15, -0.1) is 11.3 Å². The number of piperidine rings is 1. The van der Waals surface area contributed by atoms with E-state index in [0.717, 1.165) is 42.6 Å². The van der Waals surface area contributed by atoms with Gasteiger partial charge in [0.2, 0.25) is 0 Å². The number of carbonyl (C=O) groups excluding carboxylic acids is 1. The van der Waals surface area contributed by atoms with E-state index in [1.807, 2.05) is 6.07 Å². The lowest BCUT2D eigenvalue weighted by Gasteiger charge is -2.38. The van der Waals surface area contributed by atoms with Crippen molar-refractivity contribution >= 4 is 22.2 Å². The highest BCUT2D eigenvalue weighted by atomic mass is 32.1. The van der Waals surface area contributed by atoms with Crippen LogP contribution in [0.2, 0.25) is 0 Å². The normalized spacial score (nSPS) is 18.0. The van der Waals surface area contributed by atoms with Crippen molar-refractivity contribution in [2.24, 2.45) is 5.92 Å². The summed E-state index contributed by atoms with van der Waals surface area (Å²) in [6, 6.07) is 12.0. The predicted molar refractivity (Wildman–Crippen MR) is 132 cm³/mol. The highest BCUT2D eigenvalue weighted by molar-refractivity contribution is 7.16. The van der Waals surface area contributed by atoms with Crippen LogP contribution in [0.3, 0.4) is 0 Å². The van der Waals surface area contributed by atoms with Crippen LogP contribution in [0.25, 0.3) is 0 Å². The Morgan fingerprint density at radius 3 is 2.76 bits per heavy atom. The Bertz CT molecular complexity index is 1100. The number of methoxy groups -OCH3 is 1. The monoisotopic (exact) mass is 464 g/mol. The van der Waals surface area contributed by atoms with Gasteiger partial charge in [-0.2, -0.15) is 0 Å². The maximum absolute atomic E-state index is 13.0. The maximum Gasteiger partial charge on any atom is 0.291 e. The molecular weight excluding hydrogens is 432 g/mol. The number of furan rings is 1. The second kappa shape index (κ2) is 9.74. The first-order valence-corrected chi connectivity index (χ1v) is 12.8. The van der Waals surface area contributed by atoms with Gasteiger partial charge in [-0.25, -0.2) is 0 Å². The molecule has 3 aromatic rings. The average Bonchev–Trinajstić information content (AvgIpc) is 3.50. The fourth-order valence-electron chi connectivity index (χ4n) is 5.20. The Hall–Kier alpha value is -2.57. The minimum absolute atomic E-state index is 0.0950. The van der Waals surface area contributed by atoms with Crippen molar-refractivity contribution in [2.45, 2.75) is 51.5 Å². The molecule has 1 unspecified atom stereocenters. The van der Waals surface area contributed by atoms with Gasteiger partial charge in [-0.3, -0.25) is 9.69 Å². The van der Waals surface area contributed by atoms with Gasteiger partial charge < -0.3 is 14.5 Å². The lowest BCUT2D eigenvalue weighted by atomic mass is 9.87. The van der Waals surface area contributed by atoms with E-state index < -0.39 is 0 Å². The zero-order valence-corrected chi connectivity index (χ0v) is 20.2. The molecule has 5 nitrogen and oxygen atoms in total. The number of aryl methyl sites for hydroxylation is 1. The molecule has 1 aromatic carbocycles. The molecule has 1 fully saturated rings. The summed E-state index contributed by atoms with van der Waals surface area (Å²) < 4.78 is 11.0. The number of benzene rings is 1. The van der Waals surface area contributed by atoms with Crippen molar-refractivity contribution in [1.29, 1.82) is 0 Å². The van der Waals surface area contributed by atoms with Gasteiger partial charge in [0.15, 0.2) is 5.76 Å². The molecule has 3 heterocycles. The van der Waals surface area contributed by atoms with Crippen molar-refractivity contribution in [3.8, 4) is 5.75 Å². The van der Waals surface area contributed by atoms with Gasteiger partial charge >= 0.3 is 0 Å². The zero-order chi connectivity index (χ0) is 22.8. The number of thiophene rings is 1. The number of anilines is 1. The summed E-state index contributed by atoms with van der Waals surface area (Å²) in [5, 5.41) is 4.19. The predicted octanol–water partition coefficient (Wildman–Crippen LogP) is 6.30. The molecule has 0 spiro atoms. The molecule has 174 valence electrons. The van der Waals surface area contributed by atoms with Gasteiger partial charge in [0, 0.05) is 10.4 Å². The molecule has 2 aliphatic rings. The number of fused-ring (bicyclic) bond motifs is 1. The van der Waals surface area contributed by atoms with Crippen molar-refractivity contribution in [2.75, 3.05) is 25.5 Å². The highest BCUT2D eigenvalue weighted by Crippen LogP contribution is 2.46. The smallest absolute Gasteiger partial charge is 0.291 e. The molecule has 1 saturated heterocycles. The third kappa shape index (κ3) is 4.59. The van der Waals surface area contributed by atoms with Crippen LogP contribution in [0.4, 0.5) is 5.00 Å². The summed E-state index contributed by atoms with van der Waals surface area (Å²) in [5.41, 5.74) is 3.94. The SMILES string of the molecule is COc1cccc(C(c2c(NC(=O)c3ccco3)sc3c2CCCC3)N2CCC(C)CC2)c1. The van der Waals surface area contributed by atoms with E-state index >= 15 is 0 Å². The minimum atomic E-state index is -0.184. The number of hydrogen-bond acceptors (Lipinski definition) is 5. The summed E-state index contributed by atoms with van der Waals surface area (Å²) in [6.07, 6.45) is 8.51. The molecule has 1 amide bonds. The molecular formula is C27H32N2O3S. The fraction of sp³-hybridized carbons (Fsp3) is 0.444. The molecule has 5 rings (SSSR count). The highest BCUT2D eigenvalue weighted by Gasteiger charge is 2.34. The molecule has 1 aliphatic carbocycles. The van der Waals surface area contributed by atoms with Crippen molar-refractivity contribution in [1.82, 2.24) is 4.90 Å². The van der Waals surface area contributed by atoms with E-state index in [4.69, 9.17) is 9.15 Å². The zero-order valence-electron chi connectivity index (χ0n) is 19.4. The van der Waals surface area contributed by atoms with Crippen LogP contribution in [-0.4, -0.2) is 31.0 Å². The van der Waals surface area contributed by atoms with Gasteiger partial charge in [0.25, 0.3) is 5.91 Å². The first-order valence-electron chi connectivity index (χ1n) is 12.0. The van der Waals surface area contributed by atoms with Crippen molar-refractivity contribution < 1.29 is 13.9 Å². The minimum Gasteiger partial charge on any atom is -0.497 e. The number of carbonyl (C=O) groups is 1. The second-order valence-electron chi connectivity index (χ2n) is 9.28. The Morgan fingerprint density at radius 2 is 2.00 bits per heavy atom. The number of likely N-dealkylation sites (tertiary alicyclic amines) is 1. The van der Waals surface area contributed by atoms with Crippen LogP contribution >= 0.6 is 11.3 Å². The summed E-state index contributed by atoms with van der Waals surface area (Å²) >= 11 is 1.75. The molecule has 6 heteroatoms. The van der Waals surface area contributed by atoms with Crippen LogP contribution in [0.15, 0.2) is 47.1 Å². The van der Waals surface area contributed by atoms with E-state index in [2.05, 4.69) is 35.3 Å². The summed E-state index contributed by atoms with van der Waals surface area (Å²) in [7, 11) is 1.72. The first kappa shape index (κ1) is 22.2. The van der Waals surface area contributed by atoms with Gasteiger partial charge in [0.05, 0.1) is 19.4 Å². The molecule has 0 saturated carbocycles. The first-order chi connectivity index (χ1) is 16.1. The number of nitrogens with one attached hydrogen (secondary N) is 1. The fourth-order valence-corrected chi connectivity index (χ4v) is 6.52. The summed E-state index contributed by atoms with van der Waals surface area (Å²) in [5.74, 6) is 1.78. The Kier molecular flexibility index (Phi) is 6.56. The molecule has 0 radical (unpaired) electrons. The number of rotatable bonds is 6. The number of ether oxygens (including phenoxy) is 1. The lowest BCUT2D eigenvalue weighted by Crippen LogP contribution is -2.37. The second-order valence-corrected chi connectivity index (χ2v) is 10.4. The van der Waals surface area contributed by atoms with Crippen LogP contribution in [0.1, 0.15) is 70.8 Å².